The topological polar surface area (TPSA) is 90.3 Å². The molecule has 0 spiro atoms. The molecular weight excluding hydrogens is 521 g/mol. The summed E-state index contributed by atoms with van der Waals surface area (Å²) in [7, 11) is 2.95. The van der Waals surface area contributed by atoms with Gasteiger partial charge in [-0.3, -0.25) is 10.1 Å². The van der Waals surface area contributed by atoms with Gasteiger partial charge in [0.15, 0.2) is 5.11 Å². The van der Waals surface area contributed by atoms with Gasteiger partial charge < -0.3 is 14.8 Å². The molecule has 0 aliphatic heterocycles. The molecule has 0 saturated heterocycles. The lowest BCUT2D eigenvalue weighted by Gasteiger charge is -2.13. The molecule has 34 heavy (non-hydrogen) atoms. The first-order valence-electron chi connectivity index (χ1n) is 9.65. The highest BCUT2D eigenvalue weighted by molar-refractivity contribution is 7.80. The molecule has 4 aromatic rings. The van der Waals surface area contributed by atoms with Crippen molar-refractivity contribution in [3.05, 3.63) is 69.2 Å². The van der Waals surface area contributed by atoms with E-state index < -0.39 is 5.91 Å². The fourth-order valence-electron chi connectivity index (χ4n) is 3.16. The molecule has 0 bridgehead atoms. The number of amides is 1. The zero-order valence-corrected chi connectivity index (χ0v) is 20.8. The summed E-state index contributed by atoms with van der Waals surface area (Å²) in [4.78, 5) is 14.2. The number of carbonyl (C=O) groups is 1. The van der Waals surface area contributed by atoms with Gasteiger partial charge in [0.2, 0.25) is 0 Å². The number of benzene rings is 3. The molecule has 174 valence electrons. The lowest BCUT2D eigenvalue weighted by atomic mass is 10.2. The SMILES string of the molecule is COc1ccc(-n2nc3ccc(NC(=S)NC(=O)c4cc(Cl)cc(Cl)c4OC)cc3n2)cc1Cl. The average Bonchev–Trinajstić information content (AvgIpc) is 3.22. The van der Waals surface area contributed by atoms with Crippen molar-refractivity contribution < 1.29 is 14.3 Å². The average molecular weight is 537 g/mol. The van der Waals surface area contributed by atoms with E-state index in [1.165, 1.54) is 24.0 Å². The third-order valence-corrected chi connectivity index (χ3v) is 5.69. The number of hydrogen-bond acceptors (Lipinski definition) is 6. The Morgan fingerprint density at radius 1 is 0.941 bits per heavy atom. The molecule has 4 rings (SSSR count). The predicted molar refractivity (Wildman–Crippen MR) is 137 cm³/mol. The minimum absolute atomic E-state index is 0.0665. The van der Waals surface area contributed by atoms with Crippen LogP contribution >= 0.6 is 47.0 Å². The molecule has 12 heteroatoms. The number of carbonyl (C=O) groups excluding carboxylic acids is 1. The van der Waals surface area contributed by atoms with Gasteiger partial charge in [-0.15, -0.1) is 10.2 Å². The van der Waals surface area contributed by atoms with E-state index in [0.717, 1.165) is 0 Å². The van der Waals surface area contributed by atoms with Crippen LogP contribution in [0.15, 0.2) is 48.5 Å². The quantitative estimate of drug-likeness (QED) is 0.324. The highest BCUT2D eigenvalue weighted by Gasteiger charge is 2.18. The Hall–Kier alpha value is -3.11. The van der Waals surface area contributed by atoms with Gasteiger partial charge in [0, 0.05) is 10.7 Å². The minimum Gasteiger partial charge on any atom is -0.495 e. The molecule has 3 aromatic carbocycles. The van der Waals surface area contributed by atoms with E-state index in [1.54, 1.807) is 43.5 Å². The second kappa shape index (κ2) is 10.0. The summed E-state index contributed by atoms with van der Waals surface area (Å²) < 4.78 is 10.4. The zero-order chi connectivity index (χ0) is 24.4. The third kappa shape index (κ3) is 5.02. The number of halogens is 3. The van der Waals surface area contributed by atoms with Crippen molar-refractivity contribution in [1.82, 2.24) is 20.3 Å². The Balaban J connectivity index is 1.51. The molecule has 1 heterocycles. The van der Waals surface area contributed by atoms with Crippen LogP contribution in [0.1, 0.15) is 10.4 Å². The Bertz CT molecular complexity index is 1430. The van der Waals surface area contributed by atoms with Crippen LogP contribution in [0.2, 0.25) is 15.1 Å². The molecule has 0 unspecified atom stereocenters. The maximum absolute atomic E-state index is 12.7. The molecular formula is C22H16Cl3N5O3S. The van der Waals surface area contributed by atoms with E-state index in [1.807, 2.05) is 0 Å². The number of thiocarbonyl (C=S) groups is 1. The Labute approximate surface area is 214 Å². The van der Waals surface area contributed by atoms with Crippen LogP contribution in [-0.2, 0) is 0 Å². The number of methoxy groups -OCH3 is 2. The highest BCUT2D eigenvalue weighted by atomic mass is 35.5. The molecule has 0 saturated carbocycles. The Kier molecular flexibility index (Phi) is 7.08. The lowest BCUT2D eigenvalue weighted by molar-refractivity contribution is 0.0975. The van der Waals surface area contributed by atoms with Crippen molar-refractivity contribution in [2.75, 3.05) is 19.5 Å². The van der Waals surface area contributed by atoms with Crippen molar-refractivity contribution in [2.45, 2.75) is 0 Å². The number of ether oxygens (including phenoxy) is 2. The van der Waals surface area contributed by atoms with Gasteiger partial charge in [-0.1, -0.05) is 34.8 Å². The van der Waals surface area contributed by atoms with Crippen LogP contribution in [0.25, 0.3) is 16.7 Å². The largest absolute Gasteiger partial charge is 0.495 e. The molecule has 8 nitrogen and oxygen atoms in total. The molecule has 0 aliphatic rings. The van der Waals surface area contributed by atoms with Crippen LogP contribution in [0.5, 0.6) is 11.5 Å². The minimum atomic E-state index is -0.526. The number of rotatable bonds is 5. The maximum Gasteiger partial charge on any atom is 0.261 e. The molecule has 0 atom stereocenters. The van der Waals surface area contributed by atoms with Gasteiger partial charge >= 0.3 is 0 Å². The van der Waals surface area contributed by atoms with Crippen LogP contribution in [-0.4, -0.2) is 40.2 Å². The number of fused-ring (bicyclic) bond motifs is 1. The second-order valence-electron chi connectivity index (χ2n) is 6.89. The predicted octanol–water partition coefficient (Wildman–Crippen LogP) is 5.52. The van der Waals surface area contributed by atoms with E-state index in [-0.39, 0.29) is 21.4 Å². The highest BCUT2D eigenvalue weighted by Crippen LogP contribution is 2.32. The summed E-state index contributed by atoms with van der Waals surface area (Å²) in [6.07, 6.45) is 0. The van der Waals surface area contributed by atoms with Gasteiger partial charge in [-0.25, -0.2) is 0 Å². The van der Waals surface area contributed by atoms with Crippen molar-refractivity contribution in [3.63, 3.8) is 0 Å². The van der Waals surface area contributed by atoms with Gasteiger partial charge in [0.1, 0.15) is 22.5 Å². The normalized spacial score (nSPS) is 10.7. The zero-order valence-electron chi connectivity index (χ0n) is 17.7. The summed E-state index contributed by atoms with van der Waals surface area (Å²) >= 11 is 23.6. The summed E-state index contributed by atoms with van der Waals surface area (Å²) in [6, 6.07) is 13.5. The molecule has 1 aromatic heterocycles. The van der Waals surface area contributed by atoms with Crippen molar-refractivity contribution in [1.29, 1.82) is 0 Å². The van der Waals surface area contributed by atoms with Gasteiger partial charge in [0.25, 0.3) is 5.91 Å². The number of hydrogen-bond donors (Lipinski definition) is 2. The van der Waals surface area contributed by atoms with Crippen LogP contribution in [0.3, 0.4) is 0 Å². The summed E-state index contributed by atoms with van der Waals surface area (Å²) in [5.41, 5.74) is 2.70. The molecule has 0 fully saturated rings. The molecule has 2 N–H and O–H groups in total. The van der Waals surface area contributed by atoms with Gasteiger partial charge in [0.05, 0.1) is 35.5 Å². The molecule has 0 radical (unpaired) electrons. The van der Waals surface area contributed by atoms with E-state index in [2.05, 4.69) is 20.8 Å². The summed E-state index contributed by atoms with van der Waals surface area (Å²) in [5.74, 6) is 0.229. The Morgan fingerprint density at radius 2 is 1.71 bits per heavy atom. The van der Waals surface area contributed by atoms with Crippen LogP contribution < -0.4 is 20.1 Å². The van der Waals surface area contributed by atoms with E-state index in [9.17, 15) is 4.79 Å². The van der Waals surface area contributed by atoms with E-state index >= 15 is 0 Å². The fraction of sp³-hybridized carbons (Fsp3) is 0.0909. The second-order valence-corrected chi connectivity index (χ2v) is 8.55. The Morgan fingerprint density at radius 3 is 2.41 bits per heavy atom. The third-order valence-electron chi connectivity index (χ3n) is 4.69. The van der Waals surface area contributed by atoms with Crippen molar-refractivity contribution in [3.8, 4) is 17.2 Å². The first-order chi connectivity index (χ1) is 16.3. The first kappa shape index (κ1) is 24.0. The number of nitrogens with one attached hydrogen (secondary N) is 2. The maximum atomic E-state index is 12.7. The number of nitrogens with zero attached hydrogens (tertiary/aromatic N) is 3. The van der Waals surface area contributed by atoms with Crippen LogP contribution in [0, 0.1) is 0 Å². The fourth-order valence-corrected chi connectivity index (χ4v) is 4.19. The van der Waals surface area contributed by atoms with Gasteiger partial charge in [-0.2, -0.15) is 4.80 Å². The lowest BCUT2D eigenvalue weighted by Crippen LogP contribution is -2.34. The smallest absolute Gasteiger partial charge is 0.261 e. The number of aromatic nitrogens is 3. The van der Waals surface area contributed by atoms with Crippen molar-refractivity contribution >= 4 is 74.8 Å². The van der Waals surface area contributed by atoms with Crippen molar-refractivity contribution in [2.24, 2.45) is 0 Å². The van der Waals surface area contributed by atoms with Crippen LogP contribution in [0.4, 0.5) is 5.69 Å². The van der Waals surface area contributed by atoms with Gasteiger partial charge in [-0.05, 0) is 60.7 Å². The summed E-state index contributed by atoms with van der Waals surface area (Å²) in [5, 5.41) is 15.5. The first-order valence-corrected chi connectivity index (χ1v) is 11.2. The molecule has 0 aliphatic carbocycles. The van der Waals surface area contributed by atoms with E-state index in [0.29, 0.717) is 38.2 Å². The molecule has 1 amide bonds. The monoisotopic (exact) mass is 535 g/mol. The standard InChI is InChI=1S/C22H16Cl3N5O3S/c1-32-19-6-4-13(10-15(19)24)30-28-17-5-3-12(9-18(17)29-30)26-22(34)27-21(31)14-7-11(23)8-16(25)20(14)33-2/h3-10H,1-2H3,(H2,26,27,31,34). The van der Waals surface area contributed by atoms with E-state index in [4.69, 9.17) is 56.5 Å². The number of anilines is 1. The summed E-state index contributed by atoms with van der Waals surface area (Å²) in [6.45, 7) is 0.